The zero-order valence-electron chi connectivity index (χ0n) is 7.95. The van der Waals surface area contributed by atoms with E-state index in [1.54, 1.807) is 0 Å². The fraction of sp³-hybridized carbons (Fsp3) is 1.00. The van der Waals surface area contributed by atoms with Gasteiger partial charge in [0.2, 0.25) is 0 Å². The Hall–Kier alpha value is -0.0800. The van der Waals surface area contributed by atoms with Crippen LogP contribution in [0.4, 0.5) is 0 Å². The summed E-state index contributed by atoms with van der Waals surface area (Å²) in [5.74, 6) is 0.929. The van der Waals surface area contributed by atoms with Crippen LogP contribution in [0.5, 0.6) is 0 Å². The second-order valence-corrected chi connectivity index (χ2v) is 4.28. The first kappa shape index (κ1) is 8.52. The van der Waals surface area contributed by atoms with Gasteiger partial charge in [-0.05, 0) is 32.1 Å². The maximum atomic E-state index is 5.35. The molecule has 0 amide bonds. The highest BCUT2D eigenvalue weighted by atomic mass is 16.6. The Morgan fingerprint density at radius 1 is 1.08 bits per heavy atom. The van der Waals surface area contributed by atoms with Gasteiger partial charge in [-0.25, -0.2) is 0 Å². The van der Waals surface area contributed by atoms with E-state index in [1.165, 1.54) is 19.3 Å². The summed E-state index contributed by atoms with van der Waals surface area (Å²) in [4.78, 5) is 0. The Morgan fingerprint density at radius 3 is 2.17 bits per heavy atom. The number of rotatable bonds is 0. The fourth-order valence-corrected chi connectivity index (χ4v) is 1.70. The monoisotopic (exact) mass is 170 g/mol. The van der Waals surface area contributed by atoms with Crippen molar-refractivity contribution in [2.45, 2.75) is 51.4 Å². The maximum Gasteiger partial charge on any atom is 0.0844 e. The van der Waals surface area contributed by atoms with E-state index in [2.05, 4.69) is 13.8 Å². The van der Waals surface area contributed by atoms with Crippen LogP contribution in [0.15, 0.2) is 0 Å². The summed E-state index contributed by atoms with van der Waals surface area (Å²) in [6, 6.07) is 0. The molecule has 70 valence electrons. The van der Waals surface area contributed by atoms with Crippen LogP contribution in [0.2, 0.25) is 0 Å². The van der Waals surface area contributed by atoms with Crippen molar-refractivity contribution in [3.63, 3.8) is 0 Å². The minimum atomic E-state index is 0.583. The van der Waals surface area contributed by atoms with Crippen molar-refractivity contribution in [3.05, 3.63) is 0 Å². The molecule has 2 heteroatoms. The van der Waals surface area contributed by atoms with Gasteiger partial charge in [0.25, 0.3) is 0 Å². The second-order valence-electron chi connectivity index (χ2n) is 4.28. The molecule has 0 aromatic heterocycles. The van der Waals surface area contributed by atoms with Crippen molar-refractivity contribution in [1.82, 2.24) is 0 Å². The molecule has 2 saturated heterocycles. The van der Waals surface area contributed by atoms with Crippen molar-refractivity contribution in [2.75, 3.05) is 6.61 Å². The lowest BCUT2D eigenvalue weighted by Crippen LogP contribution is -2.09. The van der Waals surface area contributed by atoms with Crippen LogP contribution >= 0.6 is 0 Å². The lowest BCUT2D eigenvalue weighted by Gasteiger charge is -2.11. The van der Waals surface area contributed by atoms with Gasteiger partial charge in [-0.2, -0.15) is 0 Å². The molecule has 1 aliphatic carbocycles. The third kappa shape index (κ3) is 2.46. The first-order chi connectivity index (χ1) is 5.75. The molecule has 0 spiro atoms. The molecular formula is C10H18O2. The van der Waals surface area contributed by atoms with E-state index in [9.17, 15) is 0 Å². The number of epoxide rings is 2. The third-order valence-electron chi connectivity index (χ3n) is 2.77. The topological polar surface area (TPSA) is 25.1 Å². The van der Waals surface area contributed by atoms with E-state index in [4.69, 9.17) is 9.47 Å². The summed E-state index contributed by atoms with van der Waals surface area (Å²) in [5.41, 5.74) is 0. The second kappa shape index (κ2) is 3.35. The lowest BCUT2D eigenvalue weighted by molar-refractivity contribution is 0.367. The molecule has 3 aliphatic rings. The molecule has 0 aromatic carbocycles. The molecule has 12 heavy (non-hydrogen) atoms. The Bertz CT molecular complexity index is 154. The fourth-order valence-electron chi connectivity index (χ4n) is 1.70. The average Bonchev–Trinajstić information content (AvgIpc) is 2.86. The highest BCUT2D eigenvalue weighted by Crippen LogP contribution is 2.38. The molecule has 0 radical (unpaired) electrons. The van der Waals surface area contributed by atoms with E-state index in [0.29, 0.717) is 18.3 Å². The Labute approximate surface area is 74.2 Å². The molecule has 2 aliphatic heterocycles. The lowest BCUT2D eigenvalue weighted by atomic mass is 9.91. The molecule has 4 atom stereocenters. The summed E-state index contributed by atoms with van der Waals surface area (Å²) < 4.78 is 10.1. The molecule has 2 heterocycles. The van der Waals surface area contributed by atoms with Gasteiger partial charge in [0.15, 0.2) is 0 Å². The van der Waals surface area contributed by atoms with Crippen LogP contribution < -0.4 is 0 Å². The van der Waals surface area contributed by atoms with Gasteiger partial charge in [0.1, 0.15) is 0 Å². The van der Waals surface area contributed by atoms with Gasteiger partial charge in [0.05, 0.1) is 24.9 Å². The van der Waals surface area contributed by atoms with Crippen molar-refractivity contribution in [2.24, 2.45) is 5.92 Å². The molecule has 3 fully saturated rings. The van der Waals surface area contributed by atoms with Gasteiger partial charge in [-0.15, -0.1) is 0 Å². The van der Waals surface area contributed by atoms with E-state index in [1.807, 2.05) is 0 Å². The van der Waals surface area contributed by atoms with Gasteiger partial charge < -0.3 is 9.47 Å². The highest BCUT2D eigenvalue weighted by Gasteiger charge is 2.42. The summed E-state index contributed by atoms with van der Waals surface area (Å²) in [6.07, 6.45) is 5.99. The van der Waals surface area contributed by atoms with Gasteiger partial charge in [-0.1, -0.05) is 6.92 Å². The normalized spacial score (nSPS) is 48.5. The van der Waals surface area contributed by atoms with Crippen molar-refractivity contribution in [3.8, 4) is 0 Å². The number of hydrogen-bond donors (Lipinski definition) is 0. The van der Waals surface area contributed by atoms with E-state index in [0.717, 1.165) is 12.5 Å². The van der Waals surface area contributed by atoms with Crippen LogP contribution in [0, 0.1) is 5.92 Å². The molecule has 0 N–H and O–H groups in total. The SMILES string of the molecule is CC1CCC2OC2C1.CC1CO1. The zero-order valence-corrected chi connectivity index (χ0v) is 7.95. The first-order valence-electron chi connectivity index (χ1n) is 5.03. The number of hydrogen-bond acceptors (Lipinski definition) is 2. The number of fused-ring (bicyclic) bond motifs is 1. The van der Waals surface area contributed by atoms with Crippen LogP contribution in [0.1, 0.15) is 33.1 Å². The number of ether oxygens (including phenoxy) is 2. The van der Waals surface area contributed by atoms with Gasteiger partial charge in [-0.3, -0.25) is 0 Å². The standard InChI is InChI=1S/C7H12O.C3H6O/c1-5-2-3-6-7(4-5)8-6;1-3-2-4-3/h5-7H,2-4H2,1H3;3H,2H2,1H3. The van der Waals surface area contributed by atoms with E-state index >= 15 is 0 Å². The molecule has 1 saturated carbocycles. The maximum absolute atomic E-state index is 5.35. The average molecular weight is 170 g/mol. The molecular weight excluding hydrogens is 152 g/mol. The third-order valence-corrected chi connectivity index (χ3v) is 2.77. The van der Waals surface area contributed by atoms with E-state index in [-0.39, 0.29) is 0 Å². The first-order valence-corrected chi connectivity index (χ1v) is 5.03. The minimum Gasteiger partial charge on any atom is -0.373 e. The molecule has 3 rings (SSSR count). The Morgan fingerprint density at radius 2 is 1.75 bits per heavy atom. The minimum absolute atomic E-state index is 0.583. The zero-order chi connectivity index (χ0) is 8.55. The summed E-state index contributed by atoms with van der Waals surface area (Å²) >= 11 is 0. The van der Waals surface area contributed by atoms with Gasteiger partial charge in [0, 0.05) is 0 Å². The van der Waals surface area contributed by atoms with Gasteiger partial charge >= 0.3 is 0 Å². The Kier molecular flexibility index (Phi) is 2.37. The van der Waals surface area contributed by atoms with Crippen molar-refractivity contribution in [1.29, 1.82) is 0 Å². The predicted molar refractivity (Wildman–Crippen MR) is 47.1 cm³/mol. The molecule has 2 nitrogen and oxygen atoms in total. The van der Waals surface area contributed by atoms with Crippen molar-refractivity contribution >= 4 is 0 Å². The quantitative estimate of drug-likeness (QED) is 0.519. The molecule has 0 aromatic rings. The Balaban J connectivity index is 0.000000119. The van der Waals surface area contributed by atoms with Crippen LogP contribution in [0.3, 0.4) is 0 Å². The summed E-state index contributed by atoms with van der Waals surface area (Å²) in [5, 5.41) is 0. The smallest absolute Gasteiger partial charge is 0.0844 e. The van der Waals surface area contributed by atoms with Crippen molar-refractivity contribution < 1.29 is 9.47 Å². The van der Waals surface area contributed by atoms with Crippen LogP contribution in [0.25, 0.3) is 0 Å². The van der Waals surface area contributed by atoms with E-state index < -0.39 is 0 Å². The summed E-state index contributed by atoms with van der Waals surface area (Å²) in [6.45, 7) is 5.36. The summed E-state index contributed by atoms with van der Waals surface area (Å²) in [7, 11) is 0. The molecule has 4 unspecified atom stereocenters. The highest BCUT2D eigenvalue weighted by molar-refractivity contribution is 4.90. The molecule has 0 bridgehead atoms. The predicted octanol–water partition coefficient (Wildman–Crippen LogP) is 1.98. The van der Waals surface area contributed by atoms with Crippen LogP contribution in [-0.4, -0.2) is 24.9 Å². The largest absolute Gasteiger partial charge is 0.373 e. The van der Waals surface area contributed by atoms with Crippen LogP contribution in [-0.2, 0) is 9.47 Å².